The highest BCUT2D eigenvalue weighted by atomic mass is 32.2. The molecule has 1 atom stereocenters. The van der Waals surface area contributed by atoms with Gasteiger partial charge in [0.1, 0.15) is 22.1 Å². The fraction of sp³-hybridized carbons (Fsp3) is 0.389. The number of rotatable bonds is 19. The Labute approximate surface area is 369 Å². The van der Waals surface area contributed by atoms with Crippen molar-refractivity contribution in [2.45, 2.75) is 72.0 Å². The number of hydrogen-bond donors (Lipinski definition) is 5. The van der Waals surface area contributed by atoms with Crippen LogP contribution in [-0.4, -0.2) is 125 Å². The van der Waals surface area contributed by atoms with Crippen LogP contribution in [-0.2, 0) is 76.3 Å². The second kappa shape index (κ2) is 17.5. The van der Waals surface area contributed by atoms with E-state index < -0.39 is 103 Å². The van der Waals surface area contributed by atoms with E-state index in [0.717, 1.165) is 12.1 Å². The van der Waals surface area contributed by atoms with Crippen LogP contribution in [0.25, 0.3) is 10.8 Å². The van der Waals surface area contributed by atoms with Gasteiger partial charge in [0, 0.05) is 53.0 Å². The van der Waals surface area contributed by atoms with E-state index in [0.29, 0.717) is 6.07 Å². The maximum atomic E-state index is 12.8. The van der Waals surface area contributed by atoms with E-state index in [-0.39, 0.29) is 95.7 Å². The fourth-order valence-corrected chi connectivity index (χ4v) is 12.1. The van der Waals surface area contributed by atoms with Gasteiger partial charge in [0.2, 0.25) is 5.69 Å². The molecule has 28 heteroatoms. The second-order valence-corrected chi connectivity index (χ2v) is 24.5. The summed E-state index contributed by atoms with van der Waals surface area (Å²) in [6, 6.07) is 6.12. The molecule has 5 N–H and O–H groups in total. The molecule has 0 bridgehead atoms. The van der Waals surface area contributed by atoms with Crippen molar-refractivity contribution in [3.63, 3.8) is 0 Å². The highest BCUT2D eigenvalue weighted by molar-refractivity contribution is 7.87. The number of carbonyl (C=O) groups excluding carboxylic acids is 1. The first-order valence-corrected chi connectivity index (χ1v) is 27.7. The van der Waals surface area contributed by atoms with Gasteiger partial charge < -0.3 is 14.2 Å². The van der Waals surface area contributed by atoms with E-state index >= 15 is 0 Å². The molecule has 0 aromatic heterocycles. The predicted octanol–water partition coefficient (Wildman–Crippen LogP) is 2.59. The van der Waals surface area contributed by atoms with E-state index in [1.807, 2.05) is 0 Å². The van der Waals surface area contributed by atoms with Crippen LogP contribution in [0, 0.1) is 0 Å². The maximum Gasteiger partial charge on any atom is 0.298 e. The van der Waals surface area contributed by atoms with E-state index in [4.69, 9.17) is 4.74 Å². The SMILES string of the molecule is CC1(C)C(/C=C/C=C2/N(CCCS(=O)(=O)O)c3ccc4c(S(=O)(=O)O)cc(S(=O)(=O)O)cc4c3C2(C)CCCS(=O)(=O)O)=[N+](CCCS(=O)(=O)[O-])c2cc(OC=O)cc(S(=O)(=O)O)c21. The Morgan fingerprint density at radius 3 is 1.88 bits per heavy atom. The molecule has 0 saturated heterocycles. The molecule has 0 spiro atoms. The van der Waals surface area contributed by atoms with Gasteiger partial charge in [-0.25, -0.2) is 8.42 Å². The number of allylic oxidation sites excluding steroid dienone is 4. The maximum absolute atomic E-state index is 12.8. The van der Waals surface area contributed by atoms with Crippen LogP contribution in [0.15, 0.2) is 75.0 Å². The number of ether oxygens (including phenoxy) is 1. The van der Waals surface area contributed by atoms with Crippen molar-refractivity contribution in [3.05, 3.63) is 71.5 Å². The summed E-state index contributed by atoms with van der Waals surface area (Å²) in [4.78, 5) is 10.2. The van der Waals surface area contributed by atoms with Gasteiger partial charge in [-0.05, 0) is 75.3 Å². The van der Waals surface area contributed by atoms with Crippen molar-refractivity contribution in [1.29, 1.82) is 0 Å². The molecule has 64 heavy (non-hydrogen) atoms. The second-order valence-electron chi connectivity index (χ2n) is 15.6. The standard InChI is InChI=1S/C36H42N2O20S6/c1-35(2)31(38(14-7-17-61(46,47)48)28-18-23(58-22-39)19-30(34(28)35)64(55,56)57)8-4-9-32-36(3,12-5-15-59(40,41)42)33-26-20-24(62(49,50)51)21-29(63(52,53)54)25(26)10-11-27(33)37(32)13-6-16-60(43,44)45/h4,8-11,18-22H,5-7,12-17H2,1-3H3,(H5-,40,41,42,43,44,45,46,47,48,49,50,51,52,53,54,55,56,57). The minimum absolute atomic E-state index is 0.00868. The average Bonchev–Trinajstić information content (AvgIpc) is 3.47. The molecular formula is C36H42N2O20S6. The van der Waals surface area contributed by atoms with Gasteiger partial charge in [0.25, 0.3) is 57.1 Å². The fourth-order valence-electron chi connectivity index (χ4n) is 8.38. The normalized spacial score (nSPS) is 18.9. The Balaban J connectivity index is 1.85. The summed E-state index contributed by atoms with van der Waals surface area (Å²) in [7, 11) is -29.4. The molecule has 3 aromatic carbocycles. The van der Waals surface area contributed by atoms with E-state index in [2.05, 4.69) is 0 Å². The van der Waals surface area contributed by atoms with Gasteiger partial charge in [-0.1, -0.05) is 12.1 Å². The first-order valence-electron chi connectivity index (χ1n) is 18.6. The van der Waals surface area contributed by atoms with Crippen molar-refractivity contribution in [2.24, 2.45) is 0 Å². The lowest BCUT2D eigenvalue weighted by Crippen LogP contribution is -2.31. The minimum atomic E-state index is -5.22. The van der Waals surface area contributed by atoms with Gasteiger partial charge in [0.05, 0.1) is 43.6 Å². The zero-order valence-corrected chi connectivity index (χ0v) is 38.7. The first kappa shape index (κ1) is 50.8. The summed E-state index contributed by atoms with van der Waals surface area (Å²) in [6.07, 6.45) is 3.12. The molecule has 5 rings (SSSR count). The highest BCUT2D eigenvalue weighted by Gasteiger charge is 2.49. The minimum Gasteiger partial charge on any atom is -0.748 e. The molecule has 2 heterocycles. The first-order chi connectivity index (χ1) is 29.1. The van der Waals surface area contributed by atoms with Gasteiger partial charge >= 0.3 is 0 Å². The molecule has 0 amide bonds. The molecule has 3 aromatic rings. The van der Waals surface area contributed by atoms with Crippen LogP contribution >= 0.6 is 0 Å². The molecule has 1 unspecified atom stereocenters. The molecule has 0 saturated carbocycles. The Morgan fingerprint density at radius 1 is 0.719 bits per heavy atom. The van der Waals surface area contributed by atoms with E-state index in [1.54, 1.807) is 0 Å². The van der Waals surface area contributed by atoms with E-state index in [1.165, 1.54) is 66.7 Å². The van der Waals surface area contributed by atoms with E-state index in [9.17, 15) is 82.6 Å². The third-order valence-electron chi connectivity index (χ3n) is 10.8. The van der Waals surface area contributed by atoms with Crippen LogP contribution in [0.1, 0.15) is 57.6 Å². The van der Waals surface area contributed by atoms with Crippen LogP contribution < -0.4 is 9.64 Å². The molecule has 0 fully saturated rings. The summed E-state index contributed by atoms with van der Waals surface area (Å²) in [5, 5.41) is -0.442. The number of benzene rings is 3. The van der Waals surface area contributed by atoms with Crippen LogP contribution in [0.2, 0.25) is 0 Å². The lowest BCUT2D eigenvalue weighted by atomic mass is 9.75. The van der Waals surface area contributed by atoms with Crippen molar-refractivity contribution in [3.8, 4) is 5.75 Å². The Morgan fingerprint density at radius 2 is 1.33 bits per heavy atom. The zero-order valence-electron chi connectivity index (χ0n) is 33.8. The lowest BCUT2D eigenvalue weighted by molar-refractivity contribution is -0.437. The zero-order chi connectivity index (χ0) is 48.2. The summed E-state index contributed by atoms with van der Waals surface area (Å²) in [5.74, 6) is -2.79. The molecule has 0 aliphatic carbocycles. The topological polar surface area (TPSA) is 362 Å². The predicted molar refractivity (Wildman–Crippen MR) is 227 cm³/mol. The van der Waals surface area contributed by atoms with Gasteiger partial charge in [0.15, 0.2) is 5.71 Å². The van der Waals surface area contributed by atoms with Crippen LogP contribution in [0.4, 0.5) is 11.4 Å². The Kier molecular flexibility index (Phi) is 13.9. The molecule has 22 nitrogen and oxygen atoms in total. The molecule has 0 radical (unpaired) electrons. The molecule has 2 aliphatic rings. The number of anilines is 1. The van der Waals surface area contributed by atoms with Gasteiger partial charge in [-0.2, -0.15) is 46.7 Å². The number of hydrogen-bond acceptors (Lipinski definition) is 16. The average molecular weight is 1020 g/mol. The largest absolute Gasteiger partial charge is 0.748 e. The van der Waals surface area contributed by atoms with Crippen molar-refractivity contribution >= 4 is 95.0 Å². The Hall–Kier alpha value is -4.20. The summed E-state index contributed by atoms with van der Waals surface area (Å²) in [6.45, 7) is 4.09. The van der Waals surface area contributed by atoms with Crippen molar-refractivity contribution in [2.75, 3.05) is 35.2 Å². The van der Waals surface area contributed by atoms with Crippen LogP contribution in [0.3, 0.4) is 0 Å². The molecular weight excluding hydrogens is 973 g/mol. The number of nitrogens with zero attached hydrogens (tertiary/aromatic N) is 2. The smallest absolute Gasteiger partial charge is 0.298 e. The third-order valence-corrected chi connectivity index (χ3v) is 15.8. The van der Waals surface area contributed by atoms with Gasteiger partial charge in [-0.3, -0.25) is 27.6 Å². The Bertz CT molecular complexity index is 3230. The third kappa shape index (κ3) is 11.1. The van der Waals surface area contributed by atoms with Crippen LogP contribution in [0.5, 0.6) is 5.75 Å². The quantitative estimate of drug-likeness (QED) is 0.0654. The lowest BCUT2D eigenvalue weighted by Gasteiger charge is -2.31. The van der Waals surface area contributed by atoms with Crippen molar-refractivity contribution < 1.29 is 91.9 Å². The summed E-state index contributed by atoms with van der Waals surface area (Å²) < 4.78 is 214. The monoisotopic (exact) mass is 1010 g/mol. The summed E-state index contributed by atoms with van der Waals surface area (Å²) in [5.41, 5.74) is -2.32. The summed E-state index contributed by atoms with van der Waals surface area (Å²) >= 11 is 0. The number of carbonyl (C=O) groups is 1. The highest BCUT2D eigenvalue weighted by Crippen LogP contribution is 2.54. The van der Waals surface area contributed by atoms with Crippen molar-refractivity contribution in [1.82, 2.24) is 0 Å². The molecule has 352 valence electrons. The number of fused-ring (bicyclic) bond motifs is 4. The molecule has 2 aliphatic heterocycles. The van der Waals surface area contributed by atoms with Gasteiger partial charge in [-0.15, -0.1) is 0 Å².